The van der Waals surface area contributed by atoms with E-state index in [1.54, 1.807) is 11.8 Å². The van der Waals surface area contributed by atoms with Crippen LogP contribution in [0.1, 0.15) is 17.5 Å². The Balaban J connectivity index is 1.97. The zero-order chi connectivity index (χ0) is 16.6. The van der Waals surface area contributed by atoms with Crippen molar-refractivity contribution in [2.24, 2.45) is 0 Å². The summed E-state index contributed by atoms with van der Waals surface area (Å²) in [5.74, 6) is -0.223. The number of aryl methyl sites for hydroxylation is 2. The van der Waals surface area contributed by atoms with Crippen molar-refractivity contribution in [3.8, 4) is 0 Å². The third-order valence-electron chi connectivity index (χ3n) is 3.82. The second-order valence-electron chi connectivity index (χ2n) is 5.84. The molecule has 1 aliphatic heterocycles. The second-order valence-corrected chi connectivity index (χ2v) is 8.49. The van der Waals surface area contributed by atoms with Crippen LogP contribution in [0.3, 0.4) is 0 Å². The van der Waals surface area contributed by atoms with Gasteiger partial charge in [-0.2, -0.15) is 8.42 Å². The topological polar surface area (TPSA) is 57.6 Å². The summed E-state index contributed by atoms with van der Waals surface area (Å²) >= 11 is 1.74. The smallest absolute Gasteiger partial charge is 0.264 e. The van der Waals surface area contributed by atoms with Gasteiger partial charge in [0.2, 0.25) is 0 Å². The molecule has 0 atom stereocenters. The summed E-state index contributed by atoms with van der Waals surface area (Å²) in [6.07, 6.45) is 0.379. The molecule has 0 amide bonds. The fourth-order valence-electron chi connectivity index (χ4n) is 2.74. The molecule has 0 aromatic heterocycles. The summed E-state index contributed by atoms with van der Waals surface area (Å²) in [4.78, 5) is 4.49. The molecule has 3 rings (SSSR count). The fourth-order valence-corrected chi connectivity index (χ4v) is 4.41. The van der Waals surface area contributed by atoms with Crippen molar-refractivity contribution in [2.45, 2.75) is 30.1 Å². The maximum atomic E-state index is 11.0. The molecule has 0 saturated carbocycles. The van der Waals surface area contributed by atoms with E-state index in [2.05, 4.69) is 48.2 Å². The largest absolute Gasteiger partial charge is 0.340 e. The number of hydrogen-bond acceptors (Lipinski definition) is 4. The van der Waals surface area contributed by atoms with Gasteiger partial charge in [-0.05, 0) is 55.7 Å². The van der Waals surface area contributed by atoms with E-state index in [1.165, 1.54) is 20.9 Å². The van der Waals surface area contributed by atoms with Gasteiger partial charge >= 0.3 is 0 Å². The van der Waals surface area contributed by atoms with Crippen molar-refractivity contribution in [2.75, 3.05) is 17.2 Å². The minimum atomic E-state index is -3.93. The van der Waals surface area contributed by atoms with E-state index in [-0.39, 0.29) is 5.75 Å². The van der Waals surface area contributed by atoms with Gasteiger partial charge in [-0.25, -0.2) is 0 Å². The van der Waals surface area contributed by atoms with E-state index in [4.69, 9.17) is 4.55 Å². The van der Waals surface area contributed by atoms with Crippen LogP contribution in [0.2, 0.25) is 0 Å². The Kier molecular flexibility index (Phi) is 4.40. The van der Waals surface area contributed by atoms with E-state index >= 15 is 0 Å². The molecule has 0 saturated heterocycles. The standard InChI is InChI=1S/C17H19NO3S2/c1-12-5-7-16-15(10-12)18(8-3-9-23(19,20)21)14-6-4-13(2)11-17(14)22-16/h4-7,10-11H,3,8-9H2,1-2H3,(H,19,20,21). The predicted octanol–water partition coefficient (Wildman–Crippen LogP) is 4.18. The van der Waals surface area contributed by atoms with Crippen molar-refractivity contribution in [1.82, 2.24) is 0 Å². The van der Waals surface area contributed by atoms with Crippen molar-refractivity contribution < 1.29 is 13.0 Å². The van der Waals surface area contributed by atoms with Gasteiger partial charge in [0.1, 0.15) is 0 Å². The first-order chi connectivity index (χ1) is 10.8. The third-order valence-corrected chi connectivity index (χ3v) is 5.73. The monoisotopic (exact) mass is 349 g/mol. The highest BCUT2D eigenvalue weighted by Crippen LogP contribution is 2.48. The van der Waals surface area contributed by atoms with Crippen LogP contribution in [0.25, 0.3) is 0 Å². The average molecular weight is 349 g/mol. The summed E-state index contributed by atoms with van der Waals surface area (Å²) in [7, 11) is -3.93. The number of anilines is 2. The average Bonchev–Trinajstić information content (AvgIpc) is 2.45. The van der Waals surface area contributed by atoms with Gasteiger partial charge in [0.05, 0.1) is 17.1 Å². The van der Waals surface area contributed by atoms with Crippen LogP contribution in [0.5, 0.6) is 0 Å². The Morgan fingerprint density at radius 2 is 1.70 bits per heavy atom. The first kappa shape index (κ1) is 16.4. The molecule has 1 heterocycles. The summed E-state index contributed by atoms with van der Waals surface area (Å²) in [5.41, 5.74) is 4.56. The van der Waals surface area contributed by atoms with E-state index in [0.717, 1.165) is 11.4 Å². The number of hydrogen-bond donors (Lipinski definition) is 1. The Labute approximate surface area is 141 Å². The Morgan fingerprint density at radius 1 is 1.00 bits per heavy atom. The van der Waals surface area contributed by atoms with Crippen LogP contribution in [-0.2, 0) is 10.1 Å². The quantitative estimate of drug-likeness (QED) is 0.839. The first-order valence-electron chi connectivity index (χ1n) is 7.45. The van der Waals surface area contributed by atoms with Crippen LogP contribution < -0.4 is 4.90 Å². The summed E-state index contributed by atoms with van der Waals surface area (Å²) < 4.78 is 31.0. The van der Waals surface area contributed by atoms with Crippen LogP contribution in [0, 0.1) is 13.8 Å². The zero-order valence-electron chi connectivity index (χ0n) is 13.1. The lowest BCUT2D eigenvalue weighted by Crippen LogP contribution is -2.24. The van der Waals surface area contributed by atoms with Crippen LogP contribution in [0.4, 0.5) is 11.4 Å². The predicted molar refractivity (Wildman–Crippen MR) is 94.5 cm³/mol. The third kappa shape index (κ3) is 3.71. The zero-order valence-corrected chi connectivity index (χ0v) is 14.7. The molecule has 1 N–H and O–H groups in total. The summed E-state index contributed by atoms with van der Waals surface area (Å²) in [6, 6.07) is 12.6. The lowest BCUT2D eigenvalue weighted by Gasteiger charge is -2.33. The molecule has 0 bridgehead atoms. The Hall–Kier alpha value is -1.50. The van der Waals surface area contributed by atoms with E-state index in [1.807, 2.05) is 6.92 Å². The van der Waals surface area contributed by atoms with Crippen molar-refractivity contribution >= 4 is 33.3 Å². The van der Waals surface area contributed by atoms with Gasteiger partial charge in [0, 0.05) is 16.3 Å². The van der Waals surface area contributed by atoms with Gasteiger partial charge in [0.25, 0.3) is 10.1 Å². The molecule has 0 aliphatic carbocycles. The number of nitrogens with zero attached hydrogens (tertiary/aromatic N) is 1. The number of fused-ring (bicyclic) bond motifs is 2. The first-order valence-corrected chi connectivity index (χ1v) is 9.88. The van der Waals surface area contributed by atoms with Crippen LogP contribution in [-0.4, -0.2) is 25.3 Å². The SMILES string of the molecule is Cc1ccc2c(c1)Sc1ccc(C)cc1N2CCCS(=O)(=O)O. The highest BCUT2D eigenvalue weighted by Gasteiger charge is 2.23. The normalized spacial score (nSPS) is 13.6. The minimum Gasteiger partial charge on any atom is -0.340 e. The lowest BCUT2D eigenvalue weighted by atomic mass is 10.1. The highest BCUT2D eigenvalue weighted by atomic mass is 32.2. The van der Waals surface area contributed by atoms with Gasteiger partial charge < -0.3 is 4.90 Å². The molecule has 2 aromatic rings. The second kappa shape index (κ2) is 6.19. The van der Waals surface area contributed by atoms with Gasteiger partial charge in [-0.3, -0.25) is 4.55 Å². The molecular formula is C17H19NO3S2. The maximum Gasteiger partial charge on any atom is 0.264 e. The molecular weight excluding hydrogens is 330 g/mol. The molecule has 6 heteroatoms. The van der Waals surface area contributed by atoms with E-state index < -0.39 is 10.1 Å². The molecule has 0 radical (unpaired) electrons. The molecule has 122 valence electrons. The summed E-state index contributed by atoms with van der Waals surface area (Å²) in [6.45, 7) is 4.66. The van der Waals surface area contributed by atoms with Crippen molar-refractivity contribution in [3.63, 3.8) is 0 Å². The Morgan fingerprint density at radius 3 is 2.43 bits per heavy atom. The number of rotatable bonds is 4. The molecule has 0 fully saturated rings. The molecule has 1 aliphatic rings. The Bertz CT molecular complexity index is 847. The highest BCUT2D eigenvalue weighted by molar-refractivity contribution is 7.99. The lowest BCUT2D eigenvalue weighted by molar-refractivity contribution is 0.481. The molecule has 0 unspecified atom stereocenters. The molecule has 23 heavy (non-hydrogen) atoms. The minimum absolute atomic E-state index is 0.223. The van der Waals surface area contributed by atoms with Crippen LogP contribution >= 0.6 is 11.8 Å². The number of benzene rings is 2. The maximum absolute atomic E-state index is 11.0. The molecule has 4 nitrogen and oxygen atoms in total. The summed E-state index contributed by atoms with van der Waals surface area (Å²) in [5, 5.41) is 0. The van der Waals surface area contributed by atoms with Gasteiger partial charge in [-0.1, -0.05) is 23.9 Å². The van der Waals surface area contributed by atoms with E-state index in [0.29, 0.717) is 13.0 Å². The fraction of sp³-hybridized carbons (Fsp3) is 0.294. The van der Waals surface area contributed by atoms with Crippen LogP contribution in [0.15, 0.2) is 46.2 Å². The van der Waals surface area contributed by atoms with Crippen molar-refractivity contribution in [3.05, 3.63) is 47.5 Å². The van der Waals surface area contributed by atoms with Gasteiger partial charge in [-0.15, -0.1) is 0 Å². The molecule has 2 aromatic carbocycles. The molecule has 0 spiro atoms. The van der Waals surface area contributed by atoms with Gasteiger partial charge in [0.15, 0.2) is 0 Å². The van der Waals surface area contributed by atoms with E-state index in [9.17, 15) is 8.42 Å². The van der Waals surface area contributed by atoms with Crippen molar-refractivity contribution in [1.29, 1.82) is 0 Å².